The largest absolute Gasteiger partial charge is 0.306 e. The van der Waals surface area contributed by atoms with E-state index in [9.17, 15) is 14.9 Å². The van der Waals surface area contributed by atoms with Gasteiger partial charge in [-0.25, -0.2) is 4.98 Å². The Morgan fingerprint density at radius 3 is 2.68 bits per heavy atom. The second kappa shape index (κ2) is 6.25. The van der Waals surface area contributed by atoms with Gasteiger partial charge in [0.25, 0.3) is 11.2 Å². The third-order valence-electron chi connectivity index (χ3n) is 4.38. The average molecular weight is 353 g/mol. The van der Waals surface area contributed by atoms with Gasteiger partial charge >= 0.3 is 0 Å². The summed E-state index contributed by atoms with van der Waals surface area (Å²) in [6.45, 7) is 0. The average Bonchev–Trinajstić information content (AvgIpc) is 2.99. The van der Waals surface area contributed by atoms with Gasteiger partial charge in [0.2, 0.25) is 0 Å². The SMILES string of the molecule is O=c1[nH]c(/C=C/c2ccc([N+](=O)[O-])cc2)nc2sc3c(c12)CCCC3. The Bertz CT molecular complexity index is 1050. The number of aromatic nitrogens is 2. The van der Waals surface area contributed by atoms with Crippen LogP contribution < -0.4 is 5.56 Å². The van der Waals surface area contributed by atoms with E-state index >= 15 is 0 Å². The van der Waals surface area contributed by atoms with Crippen molar-refractivity contribution in [3.05, 3.63) is 66.6 Å². The molecule has 1 N–H and O–H groups in total. The van der Waals surface area contributed by atoms with Crippen LogP contribution in [-0.4, -0.2) is 14.9 Å². The van der Waals surface area contributed by atoms with E-state index < -0.39 is 4.92 Å². The molecule has 0 radical (unpaired) electrons. The molecule has 0 saturated carbocycles. The van der Waals surface area contributed by atoms with Gasteiger partial charge < -0.3 is 4.98 Å². The van der Waals surface area contributed by atoms with Crippen LogP contribution in [0.3, 0.4) is 0 Å². The van der Waals surface area contributed by atoms with Crippen LogP contribution in [0.2, 0.25) is 0 Å². The van der Waals surface area contributed by atoms with E-state index in [1.807, 2.05) is 0 Å². The molecule has 25 heavy (non-hydrogen) atoms. The smallest absolute Gasteiger partial charge is 0.269 e. The summed E-state index contributed by atoms with van der Waals surface area (Å²) in [5.41, 5.74) is 1.94. The number of aryl methyl sites for hydroxylation is 2. The van der Waals surface area contributed by atoms with Crippen LogP contribution in [0.4, 0.5) is 5.69 Å². The van der Waals surface area contributed by atoms with E-state index in [-0.39, 0.29) is 11.2 Å². The van der Waals surface area contributed by atoms with Gasteiger partial charge in [-0.15, -0.1) is 11.3 Å². The van der Waals surface area contributed by atoms with Crippen molar-refractivity contribution < 1.29 is 4.92 Å². The lowest BCUT2D eigenvalue weighted by molar-refractivity contribution is -0.384. The second-order valence-electron chi connectivity index (χ2n) is 6.02. The number of hydrogen-bond acceptors (Lipinski definition) is 5. The quantitative estimate of drug-likeness (QED) is 0.570. The molecule has 1 aliphatic rings. The minimum atomic E-state index is -0.432. The predicted octanol–water partition coefficient (Wildman–Crippen LogP) is 3.94. The number of fused-ring (bicyclic) bond motifs is 3. The number of nitro groups is 1. The zero-order valence-electron chi connectivity index (χ0n) is 13.3. The molecular weight excluding hydrogens is 338 g/mol. The molecule has 1 aromatic carbocycles. The number of H-pyrrole nitrogens is 1. The molecule has 2 aromatic heterocycles. The highest BCUT2D eigenvalue weighted by molar-refractivity contribution is 7.18. The summed E-state index contributed by atoms with van der Waals surface area (Å²) < 4.78 is 0. The van der Waals surface area contributed by atoms with Gasteiger partial charge in [0.15, 0.2) is 0 Å². The van der Waals surface area contributed by atoms with Gasteiger partial charge in [-0.3, -0.25) is 14.9 Å². The normalized spacial score (nSPS) is 14.1. The Morgan fingerprint density at radius 2 is 1.92 bits per heavy atom. The van der Waals surface area contributed by atoms with E-state index in [1.54, 1.807) is 35.6 Å². The summed E-state index contributed by atoms with van der Waals surface area (Å²) in [5, 5.41) is 11.4. The lowest BCUT2D eigenvalue weighted by Gasteiger charge is -2.09. The molecule has 7 heteroatoms. The lowest BCUT2D eigenvalue weighted by atomic mass is 9.97. The number of nitro benzene ring substituents is 1. The third kappa shape index (κ3) is 2.98. The fraction of sp³-hybridized carbons (Fsp3) is 0.222. The van der Waals surface area contributed by atoms with Crippen LogP contribution in [0, 0.1) is 10.1 Å². The molecule has 0 saturated heterocycles. The summed E-state index contributed by atoms with van der Waals surface area (Å²) in [6.07, 6.45) is 7.79. The molecule has 0 aliphatic heterocycles. The van der Waals surface area contributed by atoms with Gasteiger partial charge in [0.1, 0.15) is 10.7 Å². The zero-order chi connectivity index (χ0) is 17.4. The fourth-order valence-corrected chi connectivity index (χ4v) is 4.41. The molecule has 0 unspecified atom stereocenters. The van der Waals surface area contributed by atoms with Crippen LogP contribution in [0.1, 0.15) is 34.7 Å². The molecule has 0 fully saturated rings. The summed E-state index contributed by atoms with van der Waals surface area (Å²) >= 11 is 1.61. The molecule has 2 heterocycles. The minimum absolute atomic E-state index is 0.0502. The van der Waals surface area contributed by atoms with Crippen LogP contribution in [-0.2, 0) is 12.8 Å². The molecule has 0 spiro atoms. The first-order chi connectivity index (χ1) is 12.1. The summed E-state index contributed by atoms with van der Waals surface area (Å²) in [5.74, 6) is 0.495. The maximum absolute atomic E-state index is 12.5. The number of thiophene rings is 1. The zero-order valence-corrected chi connectivity index (χ0v) is 14.1. The summed E-state index contributed by atoms with van der Waals surface area (Å²) in [4.78, 5) is 32.2. The number of aromatic amines is 1. The van der Waals surface area contributed by atoms with E-state index in [2.05, 4.69) is 9.97 Å². The van der Waals surface area contributed by atoms with Crippen molar-refractivity contribution in [2.24, 2.45) is 0 Å². The number of nitrogens with one attached hydrogen (secondary N) is 1. The maximum atomic E-state index is 12.5. The van der Waals surface area contributed by atoms with Crippen molar-refractivity contribution in [1.29, 1.82) is 0 Å². The molecular formula is C18H15N3O3S. The topological polar surface area (TPSA) is 88.9 Å². The monoisotopic (exact) mass is 353 g/mol. The molecule has 1 aliphatic carbocycles. The van der Waals surface area contributed by atoms with Crippen molar-refractivity contribution in [3.8, 4) is 0 Å². The Labute approximate surface area is 147 Å². The predicted molar refractivity (Wildman–Crippen MR) is 98.9 cm³/mol. The second-order valence-corrected chi connectivity index (χ2v) is 7.11. The number of non-ortho nitro benzene ring substituents is 1. The van der Waals surface area contributed by atoms with Crippen LogP contribution in [0.15, 0.2) is 29.1 Å². The molecule has 4 rings (SSSR count). The summed E-state index contributed by atoms with van der Waals surface area (Å²) in [7, 11) is 0. The standard InChI is InChI=1S/C18H15N3O3S/c22-17-16-13-3-1-2-4-14(13)25-18(16)20-15(19-17)10-7-11-5-8-12(9-6-11)21(23)24/h5-10H,1-4H2,(H,19,20,22)/b10-7+. The number of rotatable bonds is 3. The van der Waals surface area contributed by atoms with Crippen molar-refractivity contribution in [3.63, 3.8) is 0 Å². The Morgan fingerprint density at radius 1 is 1.16 bits per heavy atom. The molecule has 0 amide bonds. The minimum Gasteiger partial charge on any atom is -0.306 e. The first-order valence-electron chi connectivity index (χ1n) is 8.09. The first kappa shape index (κ1) is 15.7. The lowest BCUT2D eigenvalue weighted by Crippen LogP contribution is -2.11. The summed E-state index contributed by atoms with van der Waals surface area (Å²) in [6, 6.07) is 6.23. The van der Waals surface area contributed by atoms with Crippen molar-refractivity contribution in [2.75, 3.05) is 0 Å². The first-order valence-corrected chi connectivity index (χ1v) is 8.90. The highest BCUT2D eigenvalue weighted by Crippen LogP contribution is 2.33. The van der Waals surface area contributed by atoms with Gasteiger partial charge in [-0.1, -0.05) is 6.08 Å². The van der Waals surface area contributed by atoms with Gasteiger partial charge in [-0.2, -0.15) is 0 Å². The van der Waals surface area contributed by atoms with Crippen molar-refractivity contribution >= 4 is 39.4 Å². The molecule has 0 bridgehead atoms. The number of hydrogen-bond donors (Lipinski definition) is 1. The fourth-order valence-electron chi connectivity index (χ4n) is 3.14. The molecule has 3 aromatic rings. The third-order valence-corrected chi connectivity index (χ3v) is 5.57. The Kier molecular flexibility index (Phi) is 3.93. The van der Waals surface area contributed by atoms with E-state index in [0.29, 0.717) is 5.82 Å². The van der Waals surface area contributed by atoms with Crippen molar-refractivity contribution in [1.82, 2.24) is 9.97 Å². The Balaban J connectivity index is 1.67. The van der Waals surface area contributed by atoms with E-state index in [1.165, 1.54) is 29.0 Å². The van der Waals surface area contributed by atoms with E-state index in [4.69, 9.17) is 0 Å². The van der Waals surface area contributed by atoms with Crippen molar-refractivity contribution in [2.45, 2.75) is 25.7 Å². The Hall–Kier alpha value is -2.80. The van der Waals surface area contributed by atoms with Gasteiger partial charge in [0, 0.05) is 17.0 Å². The molecule has 0 atom stereocenters. The maximum Gasteiger partial charge on any atom is 0.269 e. The number of nitrogens with zero attached hydrogens (tertiary/aromatic N) is 2. The van der Waals surface area contributed by atoms with Gasteiger partial charge in [-0.05, 0) is 55.0 Å². The molecule has 126 valence electrons. The highest BCUT2D eigenvalue weighted by atomic mass is 32.1. The number of benzene rings is 1. The van der Waals surface area contributed by atoms with Crippen LogP contribution in [0.5, 0.6) is 0 Å². The highest BCUT2D eigenvalue weighted by Gasteiger charge is 2.19. The van der Waals surface area contributed by atoms with Gasteiger partial charge in [0.05, 0.1) is 10.3 Å². The molecule has 6 nitrogen and oxygen atoms in total. The van der Waals surface area contributed by atoms with Crippen LogP contribution in [0.25, 0.3) is 22.4 Å². The van der Waals surface area contributed by atoms with E-state index in [0.717, 1.165) is 35.0 Å². The van der Waals surface area contributed by atoms with Crippen LogP contribution >= 0.6 is 11.3 Å².